The summed E-state index contributed by atoms with van der Waals surface area (Å²) in [5.74, 6) is 0.249. The Labute approximate surface area is 255 Å². The van der Waals surface area contributed by atoms with Crippen molar-refractivity contribution in [3.05, 3.63) is 105 Å². The van der Waals surface area contributed by atoms with Crippen LogP contribution in [-0.2, 0) is 29.3 Å². The maximum atomic E-state index is 12.0. The van der Waals surface area contributed by atoms with Gasteiger partial charge in [-0.15, -0.1) is 0 Å². The number of rotatable bonds is 12. The van der Waals surface area contributed by atoms with Crippen molar-refractivity contribution in [1.29, 1.82) is 5.26 Å². The number of nitrogens with zero attached hydrogens (tertiary/aromatic N) is 2. The van der Waals surface area contributed by atoms with Gasteiger partial charge in [0.05, 0.1) is 24.3 Å². The zero-order valence-corrected chi connectivity index (χ0v) is 24.9. The number of nitrogens with two attached hydrogens (primary N) is 1. The third-order valence-corrected chi connectivity index (χ3v) is 7.43. The Morgan fingerprint density at radius 1 is 1.02 bits per heavy atom. The molecule has 222 valence electrons. The highest BCUT2D eigenvalue weighted by molar-refractivity contribution is 6.32. The third-order valence-electron chi connectivity index (χ3n) is 7.14. The summed E-state index contributed by atoms with van der Waals surface area (Å²) in [7, 11) is 1.25. The van der Waals surface area contributed by atoms with Gasteiger partial charge in [0, 0.05) is 41.8 Å². The molecule has 0 amide bonds. The molecule has 1 aromatic heterocycles. The first-order chi connectivity index (χ1) is 20.7. The van der Waals surface area contributed by atoms with Crippen LogP contribution in [0, 0.1) is 25.2 Å². The number of nitriles is 1. The molecule has 0 saturated heterocycles. The van der Waals surface area contributed by atoms with Crippen LogP contribution >= 0.6 is 11.6 Å². The van der Waals surface area contributed by atoms with Crippen molar-refractivity contribution < 1.29 is 24.1 Å². The number of pyridine rings is 1. The highest BCUT2D eigenvalue weighted by Gasteiger charge is 2.20. The summed E-state index contributed by atoms with van der Waals surface area (Å²) in [4.78, 5) is 16.1. The Kier molecular flexibility index (Phi) is 10.6. The van der Waals surface area contributed by atoms with E-state index in [9.17, 15) is 15.2 Å². The second kappa shape index (κ2) is 14.5. The van der Waals surface area contributed by atoms with Crippen LogP contribution in [0.4, 0.5) is 5.69 Å². The predicted molar refractivity (Wildman–Crippen MR) is 165 cm³/mol. The van der Waals surface area contributed by atoms with E-state index < -0.39 is 18.6 Å². The number of hydrogen-bond acceptors (Lipinski definition) is 9. The molecule has 10 heteroatoms. The van der Waals surface area contributed by atoms with Crippen molar-refractivity contribution in [3.8, 4) is 28.7 Å². The summed E-state index contributed by atoms with van der Waals surface area (Å²) in [6.45, 7) is 4.12. The summed E-state index contributed by atoms with van der Waals surface area (Å²) >= 11 is 6.66. The molecule has 1 unspecified atom stereocenters. The van der Waals surface area contributed by atoms with Crippen LogP contribution in [0.5, 0.6) is 11.5 Å². The molecular formula is C33H33ClN4O5. The Hall–Kier alpha value is -4.62. The number of carbonyl (C=O) groups is 1. The van der Waals surface area contributed by atoms with Crippen LogP contribution < -0.4 is 20.5 Å². The minimum atomic E-state index is -0.928. The maximum Gasteiger partial charge on any atom is 0.325 e. The number of aliphatic hydroxyl groups excluding tert-OH is 1. The minimum absolute atomic E-state index is 0.123. The second-order valence-electron chi connectivity index (χ2n) is 9.91. The van der Waals surface area contributed by atoms with Gasteiger partial charge in [0.2, 0.25) is 0 Å². The second-order valence-corrected chi connectivity index (χ2v) is 10.3. The van der Waals surface area contributed by atoms with Crippen LogP contribution in [0.25, 0.3) is 11.1 Å². The van der Waals surface area contributed by atoms with E-state index in [1.54, 1.807) is 24.4 Å². The van der Waals surface area contributed by atoms with Gasteiger partial charge in [0.15, 0.2) is 0 Å². The molecule has 43 heavy (non-hydrogen) atoms. The van der Waals surface area contributed by atoms with Crippen LogP contribution in [0.15, 0.2) is 67.0 Å². The molecule has 3 aromatic carbocycles. The number of hydrogen-bond donors (Lipinski definition) is 3. The number of anilines is 1. The molecule has 0 bridgehead atoms. The minimum Gasteiger partial charge on any atom is -0.488 e. The number of ether oxygens (including phenoxy) is 3. The molecule has 0 aliphatic heterocycles. The quantitative estimate of drug-likeness (QED) is 0.147. The predicted octanol–water partition coefficient (Wildman–Crippen LogP) is 5.25. The molecule has 0 aliphatic rings. The molecule has 1 heterocycles. The van der Waals surface area contributed by atoms with Crippen molar-refractivity contribution in [2.24, 2.45) is 0 Å². The Bertz CT molecular complexity index is 1650. The number of nitrogens with one attached hydrogen (secondary N) is 1. The van der Waals surface area contributed by atoms with Gasteiger partial charge in [0.25, 0.3) is 0 Å². The highest BCUT2D eigenvalue weighted by Crippen LogP contribution is 2.35. The van der Waals surface area contributed by atoms with Gasteiger partial charge in [-0.1, -0.05) is 41.9 Å². The lowest BCUT2D eigenvalue weighted by molar-refractivity contribution is -0.144. The smallest absolute Gasteiger partial charge is 0.325 e. The number of esters is 1. The van der Waals surface area contributed by atoms with Crippen molar-refractivity contribution in [2.45, 2.75) is 39.6 Å². The average molecular weight is 601 g/mol. The number of carbonyl (C=O) groups excluding carboxylic acids is 1. The van der Waals surface area contributed by atoms with Crippen LogP contribution in [-0.4, -0.2) is 35.8 Å². The molecule has 4 aromatic rings. The molecule has 0 saturated carbocycles. The van der Waals surface area contributed by atoms with E-state index in [0.29, 0.717) is 33.2 Å². The number of halogens is 1. The van der Waals surface area contributed by atoms with E-state index in [0.717, 1.165) is 33.5 Å². The SMILES string of the molecule is COC(=O)C(CO)NCc1cc(Cl)c(OCc2cccc(-c3cccc(N)c3C)c2C)cc1OCc1cncc(C#N)c1. The number of benzene rings is 3. The highest BCUT2D eigenvalue weighted by atomic mass is 35.5. The van der Waals surface area contributed by atoms with Gasteiger partial charge in [0.1, 0.15) is 36.8 Å². The van der Waals surface area contributed by atoms with E-state index in [2.05, 4.69) is 28.5 Å². The number of nitrogen functional groups attached to an aromatic ring is 1. The largest absolute Gasteiger partial charge is 0.488 e. The average Bonchev–Trinajstić information content (AvgIpc) is 3.02. The summed E-state index contributed by atoms with van der Waals surface area (Å²) in [6.07, 6.45) is 3.09. The lowest BCUT2D eigenvalue weighted by atomic mass is 9.93. The molecule has 0 radical (unpaired) electrons. The zero-order chi connectivity index (χ0) is 30.9. The maximum absolute atomic E-state index is 12.0. The molecule has 1 atom stereocenters. The molecule has 0 spiro atoms. The third kappa shape index (κ3) is 7.62. The summed E-state index contributed by atoms with van der Waals surface area (Å²) in [5, 5.41) is 22.1. The van der Waals surface area contributed by atoms with E-state index in [1.807, 2.05) is 38.1 Å². The standard InChI is InChI=1S/C33H33ClN4O5/c1-20-24(6-4-7-26(20)27-8-5-9-29(36)21(27)2)19-43-32-12-31(42-18-23-10-22(13-35)14-37-15-23)25(11-28(32)34)16-38-30(17-39)33(40)41-3/h4-12,14-15,30,38-39H,16-19,36H2,1-3H3. The summed E-state index contributed by atoms with van der Waals surface area (Å²) < 4.78 is 17.1. The number of aliphatic hydroxyl groups is 1. The first-order valence-electron chi connectivity index (χ1n) is 13.5. The van der Waals surface area contributed by atoms with Crippen molar-refractivity contribution in [2.75, 3.05) is 19.5 Å². The van der Waals surface area contributed by atoms with Crippen LogP contribution in [0.3, 0.4) is 0 Å². The Balaban J connectivity index is 1.60. The molecule has 4 N–H and O–H groups in total. The molecule has 4 rings (SSSR count). The molecular weight excluding hydrogens is 568 g/mol. The van der Waals surface area contributed by atoms with E-state index in [-0.39, 0.29) is 19.8 Å². The summed E-state index contributed by atoms with van der Waals surface area (Å²) in [6, 6.07) is 18.1. The molecule has 0 aliphatic carbocycles. The monoisotopic (exact) mass is 600 g/mol. The van der Waals surface area contributed by atoms with Crippen molar-refractivity contribution in [1.82, 2.24) is 10.3 Å². The lowest BCUT2D eigenvalue weighted by Crippen LogP contribution is -2.40. The number of methoxy groups -OCH3 is 1. The Morgan fingerprint density at radius 3 is 2.47 bits per heavy atom. The first-order valence-corrected chi connectivity index (χ1v) is 13.9. The fourth-order valence-corrected chi connectivity index (χ4v) is 4.82. The van der Waals surface area contributed by atoms with E-state index in [4.69, 9.17) is 31.5 Å². The topological polar surface area (TPSA) is 140 Å². The van der Waals surface area contributed by atoms with E-state index in [1.165, 1.54) is 13.3 Å². The number of aromatic nitrogens is 1. The normalized spacial score (nSPS) is 11.4. The fraction of sp³-hybridized carbons (Fsp3) is 0.242. The van der Waals surface area contributed by atoms with Crippen LogP contribution in [0.2, 0.25) is 5.02 Å². The summed E-state index contributed by atoms with van der Waals surface area (Å²) in [5.41, 5.74) is 13.8. The fourth-order valence-electron chi connectivity index (χ4n) is 4.58. The van der Waals surface area contributed by atoms with E-state index >= 15 is 0 Å². The lowest BCUT2D eigenvalue weighted by Gasteiger charge is -2.19. The van der Waals surface area contributed by atoms with Crippen LogP contribution in [0.1, 0.15) is 33.4 Å². The van der Waals surface area contributed by atoms with Gasteiger partial charge >= 0.3 is 5.97 Å². The molecule has 9 nitrogen and oxygen atoms in total. The van der Waals surface area contributed by atoms with Gasteiger partial charge in [-0.25, -0.2) is 0 Å². The first kappa shape index (κ1) is 31.3. The van der Waals surface area contributed by atoms with Crippen molar-refractivity contribution in [3.63, 3.8) is 0 Å². The molecule has 0 fully saturated rings. The Morgan fingerprint density at radius 2 is 1.74 bits per heavy atom. The van der Waals surface area contributed by atoms with Gasteiger partial charge in [-0.3, -0.25) is 15.1 Å². The van der Waals surface area contributed by atoms with Gasteiger partial charge in [-0.2, -0.15) is 5.26 Å². The van der Waals surface area contributed by atoms with Crippen molar-refractivity contribution >= 4 is 23.3 Å². The van der Waals surface area contributed by atoms with Gasteiger partial charge < -0.3 is 25.1 Å². The van der Waals surface area contributed by atoms with Gasteiger partial charge in [-0.05, 0) is 59.9 Å². The zero-order valence-electron chi connectivity index (χ0n) is 24.2.